The second-order valence-corrected chi connectivity index (χ2v) is 12.5. The predicted octanol–water partition coefficient (Wildman–Crippen LogP) is 7.20. The lowest BCUT2D eigenvalue weighted by molar-refractivity contribution is -0.147. The van der Waals surface area contributed by atoms with Gasteiger partial charge in [0.1, 0.15) is 17.7 Å². The maximum atomic E-state index is 14.4. The molecule has 0 saturated carbocycles. The summed E-state index contributed by atoms with van der Waals surface area (Å²) in [6.45, 7) is 18.6. The Morgan fingerprint density at radius 2 is 1.62 bits per heavy atom. The number of aryl methyl sites for hydroxylation is 2. The third-order valence-corrected chi connectivity index (χ3v) is 6.76. The Labute approximate surface area is 238 Å². The van der Waals surface area contributed by atoms with Gasteiger partial charge in [-0.3, -0.25) is 9.59 Å². The van der Waals surface area contributed by atoms with Crippen LogP contribution in [0.3, 0.4) is 0 Å². The smallest absolute Gasteiger partial charge is 0.408 e. The highest BCUT2D eigenvalue weighted by Gasteiger charge is 2.43. The van der Waals surface area contributed by atoms with Crippen LogP contribution in [0, 0.1) is 19.8 Å². The molecule has 0 heterocycles. The summed E-state index contributed by atoms with van der Waals surface area (Å²) in [7, 11) is 0. The van der Waals surface area contributed by atoms with Gasteiger partial charge in [-0.1, -0.05) is 73.8 Å². The van der Waals surface area contributed by atoms with Crippen LogP contribution in [0.5, 0.6) is 0 Å². The van der Waals surface area contributed by atoms with Gasteiger partial charge in [0, 0.05) is 5.54 Å². The van der Waals surface area contributed by atoms with E-state index in [2.05, 4.69) is 10.6 Å². The van der Waals surface area contributed by atoms with E-state index in [1.807, 2.05) is 84.9 Å². The van der Waals surface area contributed by atoms with Gasteiger partial charge in [0.05, 0.1) is 10.7 Å². The van der Waals surface area contributed by atoms with Crippen molar-refractivity contribution in [1.82, 2.24) is 10.2 Å². The van der Waals surface area contributed by atoms with Crippen LogP contribution in [-0.4, -0.2) is 40.0 Å². The number of ether oxygens (including phenoxy) is 1. The summed E-state index contributed by atoms with van der Waals surface area (Å²) in [6.07, 6.45) is -0.0529. The van der Waals surface area contributed by atoms with Crippen molar-refractivity contribution in [2.24, 2.45) is 5.92 Å². The van der Waals surface area contributed by atoms with E-state index in [1.165, 1.54) is 0 Å². The highest BCUT2D eigenvalue weighted by molar-refractivity contribution is 6.34. The third kappa shape index (κ3) is 8.72. The standard InChI is InChI=1S/C31H44ClN3O4/c1-11-20(3)25(34-29(38)39-31(8,9)10)28(37)35(30(5,6)7)26(22-16-12-14-19(2)18-22)27(36)33-24-21(4)15-13-17-23(24)32/h12-18,20,25-26H,11H2,1-10H3,(H,33,36)(H,34,38). The van der Waals surface area contributed by atoms with Gasteiger partial charge in [0.25, 0.3) is 5.91 Å². The van der Waals surface area contributed by atoms with Crippen LogP contribution in [0.2, 0.25) is 5.02 Å². The lowest BCUT2D eigenvalue weighted by Gasteiger charge is -2.44. The summed E-state index contributed by atoms with van der Waals surface area (Å²) >= 11 is 6.45. The van der Waals surface area contributed by atoms with Gasteiger partial charge in [-0.25, -0.2) is 4.79 Å². The van der Waals surface area contributed by atoms with Gasteiger partial charge >= 0.3 is 6.09 Å². The van der Waals surface area contributed by atoms with Crippen molar-refractivity contribution < 1.29 is 19.1 Å². The number of carbonyl (C=O) groups is 3. The number of nitrogens with zero attached hydrogens (tertiary/aromatic N) is 1. The molecule has 2 aromatic rings. The van der Waals surface area contributed by atoms with E-state index in [9.17, 15) is 14.4 Å². The Balaban J connectivity index is 2.65. The number of alkyl carbamates (subject to hydrolysis) is 1. The number of carbonyl (C=O) groups excluding carboxylic acids is 3. The van der Waals surface area contributed by atoms with E-state index >= 15 is 0 Å². The number of nitrogens with one attached hydrogen (secondary N) is 2. The summed E-state index contributed by atoms with van der Waals surface area (Å²) in [5.74, 6) is -0.998. The Morgan fingerprint density at radius 1 is 1.00 bits per heavy atom. The fraction of sp³-hybridized carbons (Fsp3) is 0.516. The molecule has 0 fully saturated rings. The molecule has 7 nitrogen and oxygen atoms in total. The molecule has 2 aromatic carbocycles. The first-order valence-electron chi connectivity index (χ1n) is 13.4. The summed E-state index contributed by atoms with van der Waals surface area (Å²) < 4.78 is 5.48. The van der Waals surface area contributed by atoms with Crippen molar-refractivity contribution in [3.8, 4) is 0 Å². The Bertz CT molecular complexity index is 1160. The molecule has 0 aliphatic heterocycles. The number of para-hydroxylation sites is 1. The minimum absolute atomic E-state index is 0.220. The zero-order valence-electron chi connectivity index (χ0n) is 24.9. The number of halogens is 1. The van der Waals surface area contributed by atoms with Crippen LogP contribution in [0.1, 0.15) is 84.5 Å². The highest BCUT2D eigenvalue weighted by Crippen LogP contribution is 2.34. The van der Waals surface area contributed by atoms with Gasteiger partial charge in [0.2, 0.25) is 5.91 Å². The van der Waals surface area contributed by atoms with Crippen molar-refractivity contribution in [1.29, 1.82) is 0 Å². The topological polar surface area (TPSA) is 87.7 Å². The van der Waals surface area contributed by atoms with Crippen LogP contribution in [0.15, 0.2) is 42.5 Å². The largest absolute Gasteiger partial charge is 0.444 e. The Kier molecular flexibility index (Phi) is 10.6. The number of amides is 3. The number of benzene rings is 2. The molecule has 0 saturated heterocycles. The zero-order chi connectivity index (χ0) is 29.7. The van der Waals surface area contributed by atoms with Crippen molar-refractivity contribution in [3.05, 3.63) is 64.2 Å². The average molecular weight is 558 g/mol. The molecule has 0 spiro atoms. The SMILES string of the molecule is CCC(C)C(NC(=O)OC(C)(C)C)C(=O)N(C(C(=O)Nc1c(C)cccc1Cl)c1cccc(C)c1)C(C)(C)C. The first-order valence-corrected chi connectivity index (χ1v) is 13.8. The zero-order valence-corrected chi connectivity index (χ0v) is 25.7. The lowest BCUT2D eigenvalue weighted by Crippen LogP contribution is -2.59. The van der Waals surface area contributed by atoms with E-state index in [0.717, 1.165) is 11.1 Å². The molecule has 3 amide bonds. The molecular weight excluding hydrogens is 514 g/mol. The monoisotopic (exact) mass is 557 g/mol. The lowest BCUT2D eigenvalue weighted by atomic mass is 9.91. The first kappa shape index (κ1) is 32.2. The van der Waals surface area contributed by atoms with Crippen molar-refractivity contribution in [3.63, 3.8) is 0 Å². The molecule has 0 aromatic heterocycles. The molecule has 2 N–H and O–H groups in total. The van der Waals surface area contributed by atoms with Crippen molar-refractivity contribution in [2.75, 3.05) is 5.32 Å². The molecule has 8 heteroatoms. The molecule has 0 bridgehead atoms. The molecule has 0 aliphatic carbocycles. The van der Waals surface area contributed by atoms with E-state index in [1.54, 1.807) is 31.7 Å². The fourth-order valence-corrected chi connectivity index (χ4v) is 4.62. The summed E-state index contributed by atoms with van der Waals surface area (Å²) in [6, 6.07) is 11.0. The van der Waals surface area contributed by atoms with E-state index in [4.69, 9.17) is 16.3 Å². The number of rotatable bonds is 8. The van der Waals surface area contributed by atoms with Crippen LogP contribution in [-0.2, 0) is 14.3 Å². The second kappa shape index (κ2) is 12.9. The molecule has 0 radical (unpaired) electrons. The summed E-state index contributed by atoms with van der Waals surface area (Å²) in [5, 5.41) is 6.18. The predicted molar refractivity (Wildman–Crippen MR) is 158 cm³/mol. The van der Waals surface area contributed by atoms with Gasteiger partial charge in [0.15, 0.2) is 0 Å². The quantitative estimate of drug-likeness (QED) is 0.359. The van der Waals surface area contributed by atoms with Gasteiger partial charge in [-0.2, -0.15) is 0 Å². The maximum absolute atomic E-state index is 14.4. The van der Waals surface area contributed by atoms with Crippen molar-refractivity contribution >= 4 is 35.2 Å². The normalized spacial score (nSPS) is 14.1. The van der Waals surface area contributed by atoms with Crippen LogP contribution >= 0.6 is 11.6 Å². The average Bonchev–Trinajstić information content (AvgIpc) is 2.80. The molecule has 0 aliphatic rings. The number of hydrogen-bond acceptors (Lipinski definition) is 4. The number of hydrogen-bond donors (Lipinski definition) is 2. The van der Waals surface area contributed by atoms with Crippen LogP contribution < -0.4 is 10.6 Å². The maximum Gasteiger partial charge on any atom is 0.408 e. The molecular formula is C31H44ClN3O4. The molecule has 214 valence electrons. The van der Waals surface area contributed by atoms with Gasteiger partial charge < -0.3 is 20.3 Å². The molecule has 39 heavy (non-hydrogen) atoms. The minimum atomic E-state index is -1.000. The van der Waals surface area contributed by atoms with E-state index in [-0.39, 0.29) is 11.8 Å². The first-order chi connectivity index (χ1) is 18.0. The minimum Gasteiger partial charge on any atom is -0.444 e. The fourth-order valence-electron chi connectivity index (χ4n) is 4.35. The van der Waals surface area contributed by atoms with E-state index < -0.39 is 35.2 Å². The molecule has 2 rings (SSSR count). The Morgan fingerprint density at radius 3 is 2.13 bits per heavy atom. The summed E-state index contributed by atoms with van der Waals surface area (Å²) in [5.41, 5.74) is 1.38. The van der Waals surface area contributed by atoms with Crippen LogP contribution in [0.4, 0.5) is 10.5 Å². The third-order valence-electron chi connectivity index (χ3n) is 6.45. The molecule has 3 atom stereocenters. The molecule has 3 unspecified atom stereocenters. The Hall–Kier alpha value is -3.06. The number of anilines is 1. The van der Waals surface area contributed by atoms with Crippen LogP contribution in [0.25, 0.3) is 0 Å². The second-order valence-electron chi connectivity index (χ2n) is 12.1. The van der Waals surface area contributed by atoms with Crippen molar-refractivity contribution in [2.45, 2.75) is 98.9 Å². The van der Waals surface area contributed by atoms with E-state index in [0.29, 0.717) is 22.7 Å². The van der Waals surface area contributed by atoms with Gasteiger partial charge in [-0.05, 0) is 78.5 Å². The highest BCUT2D eigenvalue weighted by atomic mass is 35.5. The van der Waals surface area contributed by atoms with Gasteiger partial charge in [-0.15, -0.1) is 0 Å². The summed E-state index contributed by atoms with van der Waals surface area (Å²) in [4.78, 5) is 42.9.